The molecule has 0 saturated heterocycles. The molecule has 0 radical (unpaired) electrons. The van der Waals surface area contributed by atoms with Crippen LogP contribution in [0.5, 0.6) is 5.75 Å². The van der Waals surface area contributed by atoms with Crippen LogP contribution in [0, 0.1) is 0 Å². The second-order valence-corrected chi connectivity index (χ2v) is 11.0. The van der Waals surface area contributed by atoms with Gasteiger partial charge in [0.2, 0.25) is 20.0 Å². The lowest BCUT2D eigenvalue weighted by Crippen LogP contribution is -2.10. The molecule has 0 spiro atoms. The van der Waals surface area contributed by atoms with Gasteiger partial charge >= 0.3 is 0 Å². The normalized spacial score (nSPS) is 12.0. The van der Waals surface area contributed by atoms with Gasteiger partial charge in [0.15, 0.2) is 0 Å². The summed E-state index contributed by atoms with van der Waals surface area (Å²) in [5, 5.41) is 5.01. The van der Waals surface area contributed by atoms with Crippen molar-refractivity contribution in [1.82, 2.24) is 4.98 Å². The first-order chi connectivity index (χ1) is 15.5. The Hall–Kier alpha value is -3.57. The molecule has 11 heteroatoms. The van der Waals surface area contributed by atoms with Gasteiger partial charge in [-0.15, -0.1) is 0 Å². The highest BCUT2D eigenvalue weighted by Crippen LogP contribution is 2.37. The van der Waals surface area contributed by atoms with Crippen LogP contribution >= 0.6 is 0 Å². The maximum Gasteiger partial charge on any atom is 0.229 e. The molecular weight excluding hydrogens is 464 g/mol. The van der Waals surface area contributed by atoms with E-state index in [-0.39, 0.29) is 0 Å². The molecule has 0 fully saturated rings. The average molecular weight is 487 g/mol. The van der Waals surface area contributed by atoms with Crippen molar-refractivity contribution < 1.29 is 21.6 Å². The van der Waals surface area contributed by atoms with Gasteiger partial charge in [-0.2, -0.15) is 0 Å². The van der Waals surface area contributed by atoms with E-state index in [1.54, 1.807) is 36.4 Å². The molecule has 1 heterocycles. The number of benzene rings is 3. The average Bonchev–Trinajstić information content (AvgIpc) is 2.72. The maximum atomic E-state index is 11.6. The molecule has 1 aromatic heterocycles. The monoisotopic (exact) mass is 486 g/mol. The number of fused-ring (bicyclic) bond motifs is 2. The molecule has 0 bridgehead atoms. The van der Waals surface area contributed by atoms with Gasteiger partial charge in [-0.05, 0) is 36.4 Å². The van der Waals surface area contributed by atoms with Gasteiger partial charge in [-0.25, -0.2) is 21.8 Å². The topological polar surface area (TPSA) is 126 Å². The van der Waals surface area contributed by atoms with Crippen molar-refractivity contribution >= 4 is 64.6 Å². The first-order valence-electron chi connectivity index (χ1n) is 9.75. The number of nitrogens with one attached hydrogen (secondary N) is 3. The van der Waals surface area contributed by atoms with E-state index < -0.39 is 20.0 Å². The van der Waals surface area contributed by atoms with Crippen LogP contribution in [-0.2, 0) is 20.0 Å². The van der Waals surface area contributed by atoms with Crippen molar-refractivity contribution in [2.45, 2.75) is 0 Å². The molecule has 0 aliphatic rings. The van der Waals surface area contributed by atoms with Crippen molar-refractivity contribution in [3.8, 4) is 5.75 Å². The molecule has 172 valence electrons. The predicted molar refractivity (Wildman–Crippen MR) is 132 cm³/mol. The summed E-state index contributed by atoms with van der Waals surface area (Å²) in [7, 11) is -5.37. The zero-order chi connectivity index (χ0) is 23.8. The van der Waals surface area contributed by atoms with E-state index in [4.69, 9.17) is 4.74 Å². The fraction of sp³-hybridized carbons (Fsp3) is 0.136. The number of para-hydroxylation sites is 1. The lowest BCUT2D eigenvalue weighted by molar-refractivity contribution is 0.417. The Kier molecular flexibility index (Phi) is 5.76. The molecule has 0 atom stereocenters. The van der Waals surface area contributed by atoms with Crippen LogP contribution in [0.15, 0.2) is 60.7 Å². The van der Waals surface area contributed by atoms with Crippen LogP contribution in [0.1, 0.15) is 0 Å². The SMILES string of the molecule is COc1cc(NS(C)(=O)=O)ccc1Nc1c2ccccc2nc2cc(NS(C)(=O)=O)ccc12. The third-order valence-corrected chi connectivity index (χ3v) is 5.96. The second-order valence-electron chi connectivity index (χ2n) is 7.52. The summed E-state index contributed by atoms with van der Waals surface area (Å²) >= 11 is 0. The van der Waals surface area contributed by atoms with Crippen molar-refractivity contribution in [2.24, 2.45) is 0 Å². The van der Waals surface area contributed by atoms with Crippen LogP contribution in [-0.4, -0.2) is 41.4 Å². The minimum absolute atomic E-state index is 0.376. The molecule has 9 nitrogen and oxygen atoms in total. The van der Waals surface area contributed by atoms with Gasteiger partial charge in [0.25, 0.3) is 0 Å². The Bertz CT molecular complexity index is 1590. The zero-order valence-corrected chi connectivity index (χ0v) is 19.7. The first kappa shape index (κ1) is 22.6. The number of aromatic nitrogens is 1. The fourth-order valence-electron chi connectivity index (χ4n) is 3.51. The Morgan fingerprint density at radius 2 is 1.36 bits per heavy atom. The lowest BCUT2D eigenvalue weighted by atomic mass is 10.1. The van der Waals surface area contributed by atoms with Crippen LogP contribution in [0.4, 0.5) is 22.7 Å². The molecule has 4 rings (SSSR count). The quantitative estimate of drug-likeness (QED) is 0.338. The molecule has 0 unspecified atom stereocenters. The molecule has 0 aliphatic carbocycles. The van der Waals surface area contributed by atoms with Crippen LogP contribution < -0.4 is 19.5 Å². The Labute approximate surface area is 191 Å². The Balaban J connectivity index is 1.85. The summed E-state index contributed by atoms with van der Waals surface area (Å²) in [4.78, 5) is 4.68. The number of methoxy groups -OCH3 is 1. The Morgan fingerprint density at radius 1 is 0.758 bits per heavy atom. The highest BCUT2D eigenvalue weighted by atomic mass is 32.2. The molecule has 0 aliphatic heterocycles. The number of ether oxygens (including phenoxy) is 1. The zero-order valence-electron chi connectivity index (χ0n) is 18.1. The van der Waals surface area contributed by atoms with Gasteiger partial charge in [0.05, 0.1) is 53.4 Å². The number of anilines is 4. The number of nitrogens with zero attached hydrogens (tertiary/aromatic N) is 1. The minimum Gasteiger partial charge on any atom is -0.494 e. The van der Waals surface area contributed by atoms with Gasteiger partial charge in [-0.1, -0.05) is 18.2 Å². The molecule has 3 aromatic carbocycles. The lowest BCUT2D eigenvalue weighted by Gasteiger charge is -2.17. The summed E-state index contributed by atoms with van der Waals surface area (Å²) in [5.41, 5.74) is 3.47. The van der Waals surface area contributed by atoms with Crippen molar-refractivity contribution in [3.05, 3.63) is 60.7 Å². The summed E-state index contributed by atoms with van der Waals surface area (Å²) in [6, 6.07) is 17.6. The predicted octanol–water partition coefficient (Wildman–Crippen LogP) is 3.88. The molecule has 4 aromatic rings. The van der Waals surface area contributed by atoms with Crippen molar-refractivity contribution in [2.75, 3.05) is 34.4 Å². The number of pyridine rings is 1. The molecule has 0 saturated carbocycles. The molecular formula is C22H22N4O5S2. The van der Waals surface area contributed by atoms with Gasteiger partial charge < -0.3 is 10.1 Å². The summed E-state index contributed by atoms with van der Waals surface area (Å²) in [6.45, 7) is 0. The largest absolute Gasteiger partial charge is 0.494 e. The number of sulfonamides is 2. The number of hydrogen-bond acceptors (Lipinski definition) is 7. The van der Waals surface area contributed by atoms with E-state index in [0.29, 0.717) is 28.3 Å². The standard InChI is InChI=1S/C22H22N4O5S2/c1-31-21-13-15(26-33(3,29)30)9-11-19(21)24-22-16-6-4-5-7-18(16)23-20-12-14(8-10-17(20)22)25-32(2,27)28/h4-13,25-26H,1-3H3,(H,23,24). The summed E-state index contributed by atoms with van der Waals surface area (Å²) < 4.78 is 56.8. The maximum absolute atomic E-state index is 11.6. The van der Waals surface area contributed by atoms with Crippen LogP contribution in [0.25, 0.3) is 21.8 Å². The highest BCUT2D eigenvalue weighted by molar-refractivity contribution is 7.92. The third kappa shape index (κ3) is 5.26. The van der Waals surface area contributed by atoms with E-state index in [2.05, 4.69) is 19.7 Å². The minimum atomic E-state index is -3.43. The summed E-state index contributed by atoms with van der Waals surface area (Å²) in [6.07, 6.45) is 2.17. The van der Waals surface area contributed by atoms with Gasteiger partial charge in [0.1, 0.15) is 5.75 Å². The first-order valence-corrected chi connectivity index (χ1v) is 13.5. The van der Waals surface area contributed by atoms with Crippen LogP contribution in [0.2, 0.25) is 0 Å². The van der Waals surface area contributed by atoms with E-state index >= 15 is 0 Å². The van der Waals surface area contributed by atoms with Crippen molar-refractivity contribution in [3.63, 3.8) is 0 Å². The number of hydrogen-bond donors (Lipinski definition) is 3. The summed E-state index contributed by atoms with van der Waals surface area (Å²) in [5.74, 6) is 0.438. The van der Waals surface area contributed by atoms with E-state index in [1.807, 2.05) is 24.3 Å². The van der Waals surface area contributed by atoms with Crippen molar-refractivity contribution in [1.29, 1.82) is 0 Å². The van der Waals surface area contributed by atoms with E-state index in [1.165, 1.54) is 7.11 Å². The van der Waals surface area contributed by atoms with E-state index in [9.17, 15) is 16.8 Å². The number of rotatable bonds is 7. The van der Waals surface area contributed by atoms with Gasteiger partial charge in [0, 0.05) is 16.8 Å². The van der Waals surface area contributed by atoms with E-state index in [0.717, 1.165) is 34.5 Å². The second kappa shape index (κ2) is 8.41. The smallest absolute Gasteiger partial charge is 0.229 e. The van der Waals surface area contributed by atoms with Crippen LogP contribution in [0.3, 0.4) is 0 Å². The van der Waals surface area contributed by atoms with Gasteiger partial charge in [-0.3, -0.25) is 9.44 Å². The Morgan fingerprint density at radius 3 is 2.03 bits per heavy atom. The fourth-order valence-corrected chi connectivity index (χ4v) is 4.62. The molecule has 33 heavy (non-hydrogen) atoms. The molecule has 0 amide bonds. The molecule has 3 N–H and O–H groups in total. The third-order valence-electron chi connectivity index (χ3n) is 4.75. The highest BCUT2D eigenvalue weighted by Gasteiger charge is 2.14.